The second kappa shape index (κ2) is 7.47. The molecule has 2 aromatic carbocycles. The first kappa shape index (κ1) is 16.6. The Morgan fingerprint density at radius 2 is 1.86 bits per heavy atom. The fourth-order valence-electron chi connectivity index (χ4n) is 2.21. The molecular formula is C18H21NO2S. The number of aryl methyl sites for hydroxylation is 2. The second-order valence-electron chi connectivity index (χ2n) is 5.32. The number of aliphatic hydroxyl groups is 1. The molecule has 0 radical (unpaired) electrons. The highest BCUT2D eigenvalue weighted by Crippen LogP contribution is 2.19. The molecule has 0 aliphatic carbocycles. The molecule has 0 spiro atoms. The Balaban J connectivity index is 1.99. The molecule has 0 aliphatic rings. The van der Waals surface area contributed by atoms with Gasteiger partial charge in [0.2, 0.25) is 0 Å². The maximum atomic E-state index is 12.2. The third-order valence-corrected chi connectivity index (χ3v) is 4.34. The van der Waals surface area contributed by atoms with Crippen molar-refractivity contribution in [2.45, 2.75) is 24.8 Å². The van der Waals surface area contributed by atoms with Crippen LogP contribution in [0.25, 0.3) is 0 Å². The number of nitrogens with one attached hydrogen (secondary N) is 1. The van der Waals surface area contributed by atoms with Gasteiger partial charge in [-0.2, -0.15) is 0 Å². The molecule has 2 rings (SSSR count). The fourth-order valence-corrected chi connectivity index (χ4v) is 2.62. The SMILES string of the molecule is CSc1ccc(C(O)CNC(=O)c2cc(C)ccc2C)cc1. The van der Waals surface area contributed by atoms with Crippen molar-refractivity contribution in [1.82, 2.24) is 5.32 Å². The quantitative estimate of drug-likeness (QED) is 0.830. The Labute approximate surface area is 135 Å². The van der Waals surface area contributed by atoms with Crippen LogP contribution < -0.4 is 5.32 Å². The van der Waals surface area contributed by atoms with Crippen molar-refractivity contribution in [3.8, 4) is 0 Å². The standard InChI is InChI=1S/C18H21NO2S/c1-12-4-5-13(2)16(10-12)18(21)19-11-17(20)14-6-8-15(22-3)9-7-14/h4-10,17,20H,11H2,1-3H3,(H,19,21). The summed E-state index contributed by atoms with van der Waals surface area (Å²) in [4.78, 5) is 13.4. The average molecular weight is 315 g/mol. The van der Waals surface area contributed by atoms with Gasteiger partial charge < -0.3 is 10.4 Å². The van der Waals surface area contributed by atoms with Crippen molar-refractivity contribution in [1.29, 1.82) is 0 Å². The summed E-state index contributed by atoms with van der Waals surface area (Å²) >= 11 is 1.66. The Kier molecular flexibility index (Phi) is 5.63. The number of hydrogen-bond donors (Lipinski definition) is 2. The van der Waals surface area contributed by atoms with Crippen LogP contribution in [0.4, 0.5) is 0 Å². The molecule has 0 aliphatic heterocycles. The Morgan fingerprint density at radius 1 is 1.18 bits per heavy atom. The van der Waals surface area contributed by atoms with Crippen LogP contribution >= 0.6 is 11.8 Å². The first-order valence-corrected chi connectivity index (χ1v) is 8.41. The van der Waals surface area contributed by atoms with E-state index in [4.69, 9.17) is 0 Å². The number of rotatable bonds is 5. The van der Waals surface area contributed by atoms with Crippen LogP contribution in [0.3, 0.4) is 0 Å². The van der Waals surface area contributed by atoms with Crippen molar-refractivity contribution in [2.75, 3.05) is 12.8 Å². The number of thioether (sulfide) groups is 1. The lowest BCUT2D eigenvalue weighted by molar-refractivity contribution is 0.0915. The van der Waals surface area contributed by atoms with E-state index in [-0.39, 0.29) is 12.5 Å². The lowest BCUT2D eigenvalue weighted by Crippen LogP contribution is -2.29. The zero-order chi connectivity index (χ0) is 16.1. The number of aliphatic hydroxyl groups excluding tert-OH is 1. The lowest BCUT2D eigenvalue weighted by Gasteiger charge is -2.14. The van der Waals surface area contributed by atoms with E-state index in [1.165, 1.54) is 0 Å². The molecule has 1 amide bonds. The van der Waals surface area contributed by atoms with Crippen LogP contribution in [0.1, 0.15) is 33.2 Å². The second-order valence-corrected chi connectivity index (χ2v) is 6.20. The van der Waals surface area contributed by atoms with Crippen LogP contribution in [0.2, 0.25) is 0 Å². The Morgan fingerprint density at radius 3 is 2.50 bits per heavy atom. The summed E-state index contributed by atoms with van der Waals surface area (Å²) in [6.45, 7) is 4.06. The molecule has 3 nitrogen and oxygen atoms in total. The average Bonchev–Trinajstić information content (AvgIpc) is 2.54. The molecule has 0 fully saturated rings. The van der Waals surface area contributed by atoms with Crippen molar-refractivity contribution in [2.24, 2.45) is 0 Å². The fraction of sp³-hybridized carbons (Fsp3) is 0.278. The monoisotopic (exact) mass is 315 g/mol. The zero-order valence-electron chi connectivity index (χ0n) is 13.1. The topological polar surface area (TPSA) is 49.3 Å². The van der Waals surface area contributed by atoms with E-state index in [2.05, 4.69) is 5.32 Å². The van der Waals surface area contributed by atoms with Gasteiger partial charge >= 0.3 is 0 Å². The molecule has 0 saturated heterocycles. The van der Waals surface area contributed by atoms with Gasteiger partial charge in [-0.25, -0.2) is 0 Å². The van der Waals surface area contributed by atoms with Crippen LogP contribution in [-0.4, -0.2) is 23.8 Å². The highest BCUT2D eigenvalue weighted by molar-refractivity contribution is 7.98. The molecule has 4 heteroatoms. The third-order valence-electron chi connectivity index (χ3n) is 3.59. The smallest absolute Gasteiger partial charge is 0.251 e. The molecule has 0 aromatic heterocycles. The van der Waals surface area contributed by atoms with E-state index in [0.29, 0.717) is 5.56 Å². The van der Waals surface area contributed by atoms with Crippen molar-refractivity contribution in [3.05, 3.63) is 64.7 Å². The van der Waals surface area contributed by atoms with Gasteiger partial charge in [-0.15, -0.1) is 11.8 Å². The summed E-state index contributed by atoms with van der Waals surface area (Å²) in [5.41, 5.74) is 3.44. The Bertz CT molecular complexity index is 653. The van der Waals surface area contributed by atoms with Crippen molar-refractivity contribution >= 4 is 17.7 Å². The van der Waals surface area contributed by atoms with Gasteiger partial charge in [0, 0.05) is 17.0 Å². The largest absolute Gasteiger partial charge is 0.387 e. The van der Waals surface area contributed by atoms with Gasteiger partial charge in [-0.3, -0.25) is 4.79 Å². The van der Waals surface area contributed by atoms with Crippen LogP contribution in [-0.2, 0) is 0 Å². The molecule has 0 saturated carbocycles. The molecular weight excluding hydrogens is 294 g/mol. The first-order valence-electron chi connectivity index (χ1n) is 7.18. The number of carbonyl (C=O) groups is 1. The molecule has 1 atom stereocenters. The van der Waals surface area contributed by atoms with E-state index in [1.807, 2.05) is 62.6 Å². The third kappa shape index (κ3) is 4.12. The number of carbonyl (C=O) groups excluding carboxylic acids is 1. The van der Waals surface area contributed by atoms with E-state index < -0.39 is 6.10 Å². The zero-order valence-corrected chi connectivity index (χ0v) is 13.9. The van der Waals surface area contributed by atoms with Gasteiger partial charge in [0.25, 0.3) is 5.91 Å². The minimum absolute atomic E-state index is 0.152. The predicted molar refractivity (Wildman–Crippen MR) is 91.4 cm³/mol. The summed E-state index contributed by atoms with van der Waals surface area (Å²) in [7, 11) is 0. The minimum atomic E-state index is -0.704. The van der Waals surface area contributed by atoms with Crippen LogP contribution in [0.5, 0.6) is 0 Å². The lowest BCUT2D eigenvalue weighted by atomic mass is 10.0. The summed E-state index contributed by atoms with van der Waals surface area (Å²) in [6, 6.07) is 13.5. The van der Waals surface area contributed by atoms with Crippen LogP contribution in [0, 0.1) is 13.8 Å². The maximum Gasteiger partial charge on any atom is 0.251 e. The minimum Gasteiger partial charge on any atom is -0.387 e. The Hall–Kier alpha value is -1.78. The molecule has 0 bridgehead atoms. The molecule has 116 valence electrons. The van der Waals surface area contributed by atoms with Gasteiger partial charge in [-0.1, -0.05) is 29.8 Å². The molecule has 22 heavy (non-hydrogen) atoms. The van der Waals surface area contributed by atoms with E-state index in [9.17, 15) is 9.90 Å². The predicted octanol–water partition coefficient (Wildman–Crippen LogP) is 3.49. The van der Waals surface area contributed by atoms with Crippen molar-refractivity contribution < 1.29 is 9.90 Å². The van der Waals surface area contributed by atoms with Crippen LogP contribution in [0.15, 0.2) is 47.4 Å². The van der Waals surface area contributed by atoms with E-state index >= 15 is 0 Å². The normalized spacial score (nSPS) is 12.0. The molecule has 2 aromatic rings. The number of hydrogen-bond acceptors (Lipinski definition) is 3. The summed E-state index contributed by atoms with van der Waals surface area (Å²) in [5.74, 6) is -0.152. The van der Waals surface area contributed by atoms with Gasteiger partial charge in [0.1, 0.15) is 0 Å². The molecule has 1 unspecified atom stereocenters. The first-order chi connectivity index (χ1) is 10.5. The molecule has 0 heterocycles. The number of amides is 1. The summed E-state index contributed by atoms with van der Waals surface area (Å²) in [5, 5.41) is 13.0. The summed E-state index contributed by atoms with van der Waals surface area (Å²) in [6.07, 6.45) is 1.31. The van der Waals surface area contributed by atoms with Gasteiger partial charge in [0.05, 0.1) is 6.10 Å². The van der Waals surface area contributed by atoms with Crippen molar-refractivity contribution in [3.63, 3.8) is 0 Å². The van der Waals surface area contributed by atoms with Gasteiger partial charge in [0.15, 0.2) is 0 Å². The highest BCUT2D eigenvalue weighted by atomic mass is 32.2. The maximum absolute atomic E-state index is 12.2. The number of benzene rings is 2. The van der Waals surface area contributed by atoms with E-state index in [1.54, 1.807) is 11.8 Å². The molecule has 2 N–H and O–H groups in total. The summed E-state index contributed by atoms with van der Waals surface area (Å²) < 4.78 is 0. The van der Waals surface area contributed by atoms with Gasteiger partial charge in [-0.05, 0) is 49.4 Å². The van der Waals surface area contributed by atoms with E-state index in [0.717, 1.165) is 21.6 Å². The highest BCUT2D eigenvalue weighted by Gasteiger charge is 2.12.